The van der Waals surface area contributed by atoms with Gasteiger partial charge < -0.3 is 10.2 Å². The van der Waals surface area contributed by atoms with E-state index >= 15 is 0 Å². The molecule has 0 fully saturated rings. The Bertz CT molecular complexity index is 345. The molecule has 0 aliphatic rings. The second-order valence-corrected chi connectivity index (χ2v) is 4.45. The number of nitrogens with zero attached hydrogens (tertiary/aromatic N) is 2. The predicted octanol–water partition coefficient (Wildman–Crippen LogP) is 3.15. The Hall–Kier alpha value is -1.35. The van der Waals surface area contributed by atoms with Crippen molar-refractivity contribution in [1.82, 2.24) is 10.3 Å². The molecule has 1 aromatic rings. The SMILES string of the molecule is C=CCN(CC)c1ccc(C(C)NCCC)cn1. The lowest BCUT2D eigenvalue weighted by molar-refractivity contribution is 0.569. The van der Waals surface area contributed by atoms with E-state index in [1.165, 1.54) is 5.56 Å². The molecule has 1 atom stereocenters. The predicted molar refractivity (Wildman–Crippen MR) is 79.0 cm³/mol. The molecule has 3 nitrogen and oxygen atoms in total. The van der Waals surface area contributed by atoms with E-state index in [2.05, 4.69) is 54.7 Å². The Balaban J connectivity index is 2.69. The van der Waals surface area contributed by atoms with Gasteiger partial charge in [-0.2, -0.15) is 0 Å². The summed E-state index contributed by atoms with van der Waals surface area (Å²) in [5.41, 5.74) is 1.24. The van der Waals surface area contributed by atoms with Crippen molar-refractivity contribution in [3.63, 3.8) is 0 Å². The summed E-state index contributed by atoms with van der Waals surface area (Å²) in [6.45, 7) is 13.1. The molecule has 0 bridgehead atoms. The van der Waals surface area contributed by atoms with Gasteiger partial charge in [-0.3, -0.25) is 0 Å². The molecule has 18 heavy (non-hydrogen) atoms. The zero-order valence-electron chi connectivity index (χ0n) is 11.8. The first-order chi connectivity index (χ1) is 8.72. The highest BCUT2D eigenvalue weighted by Crippen LogP contribution is 2.16. The van der Waals surface area contributed by atoms with Crippen LogP contribution in [0.15, 0.2) is 31.0 Å². The molecule has 0 saturated carbocycles. The fourth-order valence-corrected chi connectivity index (χ4v) is 1.86. The van der Waals surface area contributed by atoms with Gasteiger partial charge >= 0.3 is 0 Å². The van der Waals surface area contributed by atoms with Crippen LogP contribution in [-0.2, 0) is 0 Å². The van der Waals surface area contributed by atoms with Crippen molar-refractivity contribution in [3.05, 3.63) is 36.5 Å². The molecule has 0 aromatic carbocycles. The average molecular weight is 247 g/mol. The minimum Gasteiger partial charge on any atom is -0.353 e. The zero-order valence-corrected chi connectivity index (χ0v) is 11.8. The average Bonchev–Trinajstić information content (AvgIpc) is 2.42. The lowest BCUT2D eigenvalue weighted by Crippen LogP contribution is -2.24. The van der Waals surface area contributed by atoms with Crippen LogP contribution in [0.1, 0.15) is 38.8 Å². The van der Waals surface area contributed by atoms with Crippen molar-refractivity contribution in [3.8, 4) is 0 Å². The van der Waals surface area contributed by atoms with Gasteiger partial charge in [0.25, 0.3) is 0 Å². The Morgan fingerprint density at radius 3 is 2.72 bits per heavy atom. The molecule has 0 amide bonds. The fourth-order valence-electron chi connectivity index (χ4n) is 1.86. The second-order valence-electron chi connectivity index (χ2n) is 4.45. The highest BCUT2D eigenvalue weighted by atomic mass is 15.2. The van der Waals surface area contributed by atoms with Crippen LogP contribution in [0.5, 0.6) is 0 Å². The number of hydrogen-bond donors (Lipinski definition) is 1. The third-order valence-corrected chi connectivity index (χ3v) is 3.03. The van der Waals surface area contributed by atoms with Gasteiger partial charge in [0, 0.05) is 25.3 Å². The van der Waals surface area contributed by atoms with E-state index in [1.54, 1.807) is 0 Å². The highest BCUT2D eigenvalue weighted by molar-refractivity contribution is 5.40. The van der Waals surface area contributed by atoms with Crippen LogP contribution < -0.4 is 10.2 Å². The maximum absolute atomic E-state index is 4.54. The molecule has 0 aliphatic heterocycles. The largest absolute Gasteiger partial charge is 0.353 e. The molecular weight excluding hydrogens is 222 g/mol. The molecule has 0 spiro atoms. The van der Waals surface area contributed by atoms with E-state index in [0.29, 0.717) is 6.04 Å². The molecule has 0 saturated heterocycles. The number of pyridine rings is 1. The zero-order chi connectivity index (χ0) is 13.4. The van der Waals surface area contributed by atoms with Crippen LogP contribution in [0.3, 0.4) is 0 Å². The van der Waals surface area contributed by atoms with Gasteiger partial charge in [0.1, 0.15) is 5.82 Å². The van der Waals surface area contributed by atoms with Crippen molar-refractivity contribution in [2.75, 3.05) is 24.5 Å². The normalized spacial score (nSPS) is 12.2. The lowest BCUT2D eigenvalue weighted by Gasteiger charge is -2.21. The third kappa shape index (κ3) is 4.15. The molecule has 100 valence electrons. The first-order valence-electron chi connectivity index (χ1n) is 6.78. The van der Waals surface area contributed by atoms with Gasteiger partial charge in [0.2, 0.25) is 0 Å². The topological polar surface area (TPSA) is 28.2 Å². The van der Waals surface area contributed by atoms with Gasteiger partial charge in [0.05, 0.1) is 0 Å². The summed E-state index contributed by atoms with van der Waals surface area (Å²) < 4.78 is 0. The molecule has 0 aliphatic carbocycles. The monoisotopic (exact) mass is 247 g/mol. The maximum Gasteiger partial charge on any atom is 0.128 e. The van der Waals surface area contributed by atoms with Crippen LogP contribution in [0.2, 0.25) is 0 Å². The highest BCUT2D eigenvalue weighted by Gasteiger charge is 2.07. The summed E-state index contributed by atoms with van der Waals surface area (Å²) in [7, 11) is 0. The molecule has 3 heteroatoms. The number of likely N-dealkylation sites (N-methyl/N-ethyl adjacent to an activating group) is 1. The third-order valence-electron chi connectivity index (χ3n) is 3.03. The van der Waals surface area contributed by atoms with Crippen molar-refractivity contribution >= 4 is 5.82 Å². The van der Waals surface area contributed by atoms with Gasteiger partial charge in [-0.1, -0.05) is 19.1 Å². The Morgan fingerprint density at radius 2 is 2.22 bits per heavy atom. The first-order valence-corrected chi connectivity index (χ1v) is 6.78. The number of aromatic nitrogens is 1. The molecule has 1 aromatic heterocycles. The van der Waals surface area contributed by atoms with Crippen molar-refractivity contribution in [2.24, 2.45) is 0 Å². The van der Waals surface area contributed by atoms with E-state index in [1.807, 2.05) is 12.3 Å². The van der Waals surface area contributed by atoms with Crippen LogP contribution >= 0.6 is 0 Å². The molecule has 0 radical (unpaired) electrons. The molecule has 1 N–H and O–H groups in total. The van der Waals surface area contributed by atoms with Crippen molar-refractivity contribution in [1.29, 1.82) is 0 Å². The molecular formula is C15H25N3. The van der Waals surface area contributed by atoms with Crippen LogP contribution in [0, 0.1) is 0 Å². The minimum atomic E-state index is 0.362. The lowest BCUT2D eigenvalue weighted by atomic mass is 10.1. The van der Waals surface area contributed by atoms with E-state index in [9.17, 15) is 0 Å². The smallest absolute Gasteiger partial charge is 0.128 e. The molecule has 1 unspecified atom stereocenters. The number of nitrogens with one attached hydrogen (secondary N) is 1. The van der Waals surface area contributed by atoms with Crippen LogP contribution in [0.4, 0.5) is 5.82 Å². The molecule has 1 rings (SSSR count). The van der Waals surface area contributed by atoms with E-state index < -0.39 is 0 Å². The Kier molecular flexibility index (Phi) is 6.44. The Labute approximate surface area is 111 Å². The van der Waals surface area contributed by atoms with Crippen LogP contribution in [-0.4, -0.2) is 24.6 Å². The van der Waals surface area contributed by atoms with E-state index in [-0.39, 0.29) is 0 Å². The summed E-state index contributed by atoms with van der Waals surface area (Å²) in [4.78, 5) is 6.73. The summed E-state index contributed by atoms with van der Waals surface area (Å²) in [5.74, 6) is 1.02. The van der Waals surface area contributed by atoms with Crippen molar-refractivity contribution in [2.45, 2.75) is 33.2 Å². The maximum atomic E-state index is 4.54. The quantitative estimate of drug-likeness (QED) is 0.715. The number of anilines is 1. The van der Waals surface area contributed by atoms with Gasteiger partial charge in [0.15, 0.2) is 0 Å². The summed E-state index contributed by atoms with van der Waals surface area (Å²) in [6.07, 6.45) is 5.03. The van der Waals surface area contributed by atoms with Crippen LogP contribution in [0.25, 0.3) is 0 Å². The van der Waals surface area contributed by atoms with Gasteiger partial charge in [-0.05, 0) is 38.4 Å². The van der Waals surface area contributed by atoms with Gasteiger partial charge in [-0.25, -0.2) is 4.98 Å². The van der Waals surface area contributed by atoms with Crippen molar-refractivity contribution < 1.29 is 0 Å². The summed E-state index contributed by atoms with van der Waals surface area (Å²) in [5, 5.41) is 3.47. The second kappa shape index (κ2) is 7.88. The molecule has 1 heterocycles. The standard InChI is InChI=1S/C15H25N3/c1-5-10-16-13(4)14-8-9-15(17-12-14)18(7-3)11-6-2/h6,8-9,12-13,16H,2,5,7,10-11H2,1,3-4H3. The summed E-state index contributed by atoms with van der Waals surface area (Å²) in [6, 6.07) is 4.61. The van der Waals surface area contributed by atoms with Gasteiger partial charge in [-0.15, -0.1) is 6.58 Å². The number of rotatable bonds is 8. The number of hydrogen-bond acceptors (Lipinski definition) is 3. The summed E-state index contributed by atoms with van der Waals surface area (Å²) >= 11 is 0. The van der Waals surface area contributed by atoms with E-state index in [0.717, 1.165) is 31.9 Å². The first kappa shape index (κ1) is 14.7. The Morgan fingerprint density at radius 1 is 1.44 bits per heavy atom. The van der Waals surface area contributed by atoms with E-state index in [4.69, 9.17) is 0 Å². The minimum absolute atomic E-state index is 0.362. The fraction of sp³-hybridized carbons (Fsp3) is 0.533.